The minimum Gasteiger partial charge on any atom is -0.398 e. The average molecular weight is 271 g/mol. The number of nitrogens with two attached hydrogens (primary N) is 1. The van der Waals surface area contributed by atoms with Gasteiger partial charge in [0, 0.05) is 41.1 Å². The third kappa shape index (κ3) is 3.03. The fourth-order valence-electron chi connectivity index (χ4n) is 2.84. The van der Waals surface area contributed by atoms with Gasteiger partial charge in [-0.3, -0.25) is 4.98 Å². The summed E-state index contributed by atoms with van der Waals surface area (Å²) < 4.78 is 0. The van der Waals surface area contributed by atoms with Crippen LogP contribution in [0.3, 0.4) is 0 Å². The van der Waals surface area contributed by atoms with Crippen LogP contribution in [0.25, 0.3) is 10.8 Å². The highest BCUT2D eigenvalue weighted by Gasteiger charge is 2.17. The van der Waals surface area contributed by atoms with Gasteiger partial charge in [0.2, 0.25) is 0 Å². The summed E-state index contributed by atoms with van der Waals surface area (Å²) in [4.78, 5) is 4.22. The molecule has 0 saturated heterocycles. The van der Waals surface area contributed by atoms with Crippen LogP contribution in [0.15, 0.2) is 30.6 Å². The number of benzene rings is 1. The van der Waals surface area contributed by atoms with Gasteiger partial charge in [0.15, 0.2) is 0 Å². The summed E-state index contributed by atoms with van der Waals surface area (Å²) in [5, 5.41) is 5.74. The zero-order valence-electron chi connectivity index (χ0n) is 12.9. The number of fused-ring (bicyclic) bond motifs is 1. The van der Waals surface area contributed by atoms with Crippen molar-refractivity contribution in [2.75, 3.05) is 17.6 Å². The van der Waals surface area contributed by atoms with Gasteiger partial charge in [-0.2, -0.15) is 0 Å². The first-order valence-corrected chi connectivity index (χ1v) is 7.36. The zero-order valence-corrected chi connectivity index (χ0v) is 12.9. The monoisotopic (exact) mass is 271 g/mol. The molecule has 0 amide bonds. The van der Waals surface area contributed by atoms with Crippen LogP contribution in [0, 0.1) is 17.8 Å². The van der Waals surface area contributed by atoms with Crippen LogP contribution in [0.1, 0.15) is 27.7 Å². The zero-order chi connectivity index (χ0) is 14.7. The lowest BCUT2D eigenvalue weighted by Gasteiger charge is -2.26. The number of nitrogen functional groups attached to an aromatic ring is 1. The van der Waals surface area contributed by atoms with Crippen molar-refractivity contribution in [1.82, 2.24) is 4.98 Å². The smallest absolute Gasteiger partial charge is 0.0437 e. The van der Waals surface area contributed by atoms with Crippen molar-refractivity contribution < 1.29 is 0 Å². The van der Waals surface area contributed by atoms with Crippen LogP contribution in [-0.2, 0) is 0 Å². The lowest BCUT2D eigenvalue weighted by molar-refractivity contribution is 0.304. The molecule has 0 aliphatic carbocycles. The number of aromatic nitrogens is 1. The minimum absolute atomic E-state index is 0.652. The molecule has 2 rings (SSSR count). The molecule has 0 aliphatic heterocycles. The summed E-state index contributed by atoms with van der Waals surface area (Å²) >= 11 is 0. The Morgan fingerprint density at radius 2 is 1.75 bits per heavy atom. The third-order valence-corrected chi connectivity index (χ3v) is 4.09. The summed E-state index contributed by atoms with van der Waals surface area (Å²) in [6.07, 6.45) is 3.67. The van der Waals surface area contributed by atoms with E-state index in [9.17, 15) is 0 Å². The predicted molar refractivity (Wildman–Crippen MR) is 87.8 cm³/mol. The van der Waals surface area contributed by atoms with Gasteiger partial charge in [0.1, 0.15) is 0 Å². The molecule has 0 atom stereocenters. The van der Waals surface area contributed by atoms with Crippen LogP contribution in [0.2, 0.25) is 0 Å². The van der Waals surface area contributed by atoms with E-state index in [1.165, 1.54) is 0 Å². The molecule has 0 saturated carbocycles. The molecule has 0 spiro atoms. The summed E-state index contributed by atoms with van der Waals surface area (Å²) in [6, 6.07) is 5.99. The number of hydrogen-bond acceptors (Lipinski definition) is 3. The Balaban J connectivity index is 2.24. The highest BCUT2D eigenvalue weighted by Crippen LogP contribution is 2.28. The Hall–Kier alpha value is -1.77. The van der Waals surface area contributed by atoms with E-state index in [-0.39, 0.29) is 0 Å². The van der Waals surface area contributed by atoms with E-state index in [0.29, 0.717) is 17.8 Å². The molecular weight excluding hydrogens is 246 g/mol. The van der Waals surface area contributed by atoms with E-state index >= 15 is 0 Å². The lowest BCUT2D eigenvalue weighted by Crippen LogP contribution is -2.24. The van der Waals surface area contributed by atoms with Crippen molar-refractivity contribution in [2.45, 2.75) is 27.7 Å². The first-order valence-electron chi connectivity index (χ1n) is 7.36. The van der Waals surface area contributed by atoms with Gasteiger partial charge in [0.25, 0.3) is 0 Å². The Labute approximate surface area is 121 Å². The predicted octanol–water partition coefficient (Wildman–Crippen LogP) is 4.16. The van der Waals surface area contributed by atoms with Crippen molar-refractivity contribution in [2.24, 2.45) is 17.8 Å². The van der Waals surface area contributed by atoms with Gasteiger partial charge in [-0.05, 0) is 36.0 Å². The van der Waals surface area contributed by atoms with Gasteiger partial charge >= 0.3 is 0 Å². The summed E-state index contributed by atoms with van der Waals surface area (Å²) in [5.41, 5.74) is 7.94. The van der Waals surface area contributed by atoms with Crippen LogP contribution in [-0.4, -0.2) is 11.5 Å². The Kier molecular flexibility index (Phi) is 4.48. The standard InChI is InChI=1S/C17H25N3/c1-11(2)14(12(3)4)10-20-17-6-5-16(18)13-7-8-19-9-15(13)17/h5-9,11-12,14,20H,10,18H2,1-4H3. The third-order valence-electron chi connectivity index (χ3n) is 4.09. The molecular formula is C17H25N3. The van der Waals surface area contributed by atoms with E-state index in [2.05, 4.69) is 44.1 Å². The van der Waals surface area contributed by atoms with Crippen molar-refractivity contribution in [3.05, 3.63) is 30.6 Å². The van der Waals surface area contributed by atoms with Crippen LogP contribution >= 0.6 is 0 Å². The van der Waals surface area contributed by atoms with Crippen molar-refractivity contribution >= 4 is 22.1 Å². The second kappa shape index (κ2) is 6.12. The molecule has 0 unspecified atom stereocenters. The summed E-state index contributed by atoms with van der Waals surface area (Å²) in [6.45, 7) is 10.1. The second-order valence-corrected chi connectivity index (χ2v) is 6.16. The molecule has 0 aliphatic rings. The van der Waals surface area contributed by atoms with Gasteiger partial charge in [-0.15, -0.1) is 0 Å². The van der Waals surface area contributed by atoms with Crippen molar-refractivity contribution in [1.29, 1.82) is 0 Å². The molecule has 3 N–H and O–H groups in total. The van der Waals surface area contributed by atoms with Crippen molar-refractivity contribution in [3.8, 4) is 0 Å². The molecule has 2 aromatic rings. The number of anilines is 2. The van der Waals surface area contributed by atoms with Crippen molar-refractivity contribution in [3.63, 3.8) is 0 Å². The van der Waals surface area contributed by atoms with Crippen LogP contribution in [0.5, 0.6) is 0 Å². The Morgan fingerprint density at radius 1 is 1.05 bits per heavy atom. The molecule has 108 valence electrons. The molecule has 1 aromatic heterocycles. The molecule has 3 nitrogen and oxygen atoms in total. The number of nitrogens with zero attached hydrogens (tertiary/aromatic N) is 1. The molecule has 0 fully saturated rings. The maximum atomic E-state index is 6.02. The van der Waals surface area contributed by atoms with E-state index in [1.54, 1.807) is 6.20 Å². The first-order chi connectivity index (χ1) is 9.50. The lowest BCUT2D eigenvalue weighted by atomic mass is 9.85. The van der Waals surface area contributed by atoms with Gasteiger partial charge in [0.05, 0.1) is 0 Å². The molecule has 3 heteroatoms. The number of rotatable bonds is 5. The number of pyridine rings is 1. The number of hydrogen-bond donors (Lipinski definition) is 2. The average Bonchev–Trinajstić information content (AvgIpc) is 2.41. The van der Waals surface area contributed by atoms with Gasteiger partial charge < -0.3 is 11.1 Å². The Bertz CT molecular complexity index is 567. The van der Waals surface area contributed by atoms with E-state index < -0.39 is 0 Å². The normalized spacial score (nSPS) is 11.8. The van der Waals surface area contributed by atoms with Gasteiger partial charge in [-0.1, -0.05) is 27.7 Å². The van der Waals surface area contributed by atoms with E-state index in [1.807, 2.05) is 18.3 Å². The van der Waals surface area contributed by atoms with E-state index in [4.69, 9.17) is 5.73 Å². The largest absolute Gasteiger partial charge is 0.398 e. The van der Waals surface area contributed by atoms with Crippen LogP contribution in [0.4, 0.5) is 11.4 Å². The topological polar surface area (TPSA) is 50.9 Å². The Morgan fingerprint density at radius 3 is 2.40 bits per heavy atom. The molecule has 1 heterocycles. The fourth-order valence-corrected chi connectivity index (χ4v) is 2.84. The maximum absolute atomic E-state index is 6.02. The molecule has 0 bridgehead atoms. The minimum atomic E-state index is 0.652. The molecule has 0 radical (unpaired) electrons. The fraction of sp³-hybridized carbons (Fsp3) is 0.471. The SMILES string of the molecule is CC(C)C(CNc1ccc(N)c2ccncc12)C(C)C. The maximum Gasteiger partial charge on any atom is 0.0437 e. The van der Waals surface area contributed by atoms with Crippen LogP contribution < -0.4 is 11.1 Å². The highest BCUT2D eigenvalue weighted by molar-refractivity contribution is 6.00. The summed E-state index contributed by atoms with van der Waals surface area (Å²) in [5.74, 6) is 1.99. The second-order valence-electron chi connectivity index (χ2n) is 6.16. The number of nitrogens with one attached hydrogen (secondary N) is 1. The van der Waals surface area contributed by atoms with E-state index in [0.717, 1.165) is 28.7 Å². The molecule has 20 heavy (non-hydrogen) atoms. The molecule has 1 aromatic carbocycles. The first kappa shape index (κ1) is 14.6. The summed E-state index contributed by atoms with van der Waals surface area (Å²) in [7, 11) is 0. The highest BCUT2D eigenvalue weighted by atomic mass is 14.9. The van der Waals surface area contributed by atoms with Gasteiger partial charge in [-0.25, -0.2) is 0 Å². The quantitative estimate of drug-likeness (QED) is 0.803.